The van der Waals surface area contributed by atoms with Crippen LogP contribution in [-0.2, 0) is 14.8 Å². The summed E-state index contributed by atoms with van der Waals surface area (Å²) in [5, 5.41) is 9.38. The molecule has 1 aliphatic rings. The topological polar surface area (TPSA) is 92.9 Å². The Balaban J connectivity index is 2.23. The number of rotatable bonds is 4. The third-order valence-electron chi connectivity index (χ3n) is 3.52. The molecule has 0 amide bonds. The number of nitrogen functional groups attached to an aromatic ring is 1. The van der Waals surface area contributed by atoms with Crippen LogP contribution in [0.2, 0.25) is 0 Å². The lowest BCUT2D eigenvalue weighted by Crippen LogP contribution is -2.41. The smallest absolute Gasteiger partial charge is 0.243 e. The standard InChI is InChI=1S/C13H20N2O4S/c1-19-9-10-3-2-6-15(8-10)20(17,18)11-4-5-13(16)12(14)7-11/h4-5,7,10,16H,2-3,6,8-9,14H2,1H3. The van der Waals surface area contributed by atoms with Crippen molar-refractivity contribution in [2.75, 3.05) is 32.5 Å². The Morgan fingerprint density at radius 2 is 2.25 bits per heavy atom. The molecule has 1 unspecified atom stereocenters. The molecule has 6 nitrogen and oxygen atoms in total. The number of aromatic hydroxyl groups is 1. The highest BCUT2D eigenvalue weighted by atomic mass is 32.2. The number of anilines is 1. The second-order valence-electron chi connectivity index (χ2n) is 5.05. The van der Waals surface area contributed by atoms with Crippen molar-refractivity contribution >= 4 is 15.7 Å². The maximum Gasteiger partial charge on any atom is 0.243 e. The van der Waals surface area contributed by atoms with Gasteiger partial charge in [0.2, 0.25) is 10.0 Å². The molecule has 1 saturated heterocycles. The fourth-order valence-electron chi connectivity index (χ4n) is 2.46. The molecular formula is C13H20N2O4S. The quantitative estimate of drug-likeness (QED) is 0.640. The second-order valence-corrected chi connectivity index (χ2v) is 6.99. The Bertz CT molecular complexity index is 572. The number of phenolic OH excluding ortho intramolecular Hbond substituents is 1. The predicted octanol–water partition coefficient (Wildman–Crippen LogP) is 1.02. The average Bonchev–Trinajstić information content (AvgIpc) is 2.42. The average molecular weight is 300 g/mol. The maximum absolute atomic E-state index is 12.5. The molecule has 20 heavy (non-hydrogen) atoms. The Labute approximate surface area is 119 Å². The number of benzene rings is 1. The van der Waals surface area contributed by atoms with Gasteiger partial charge in [0.15, 0.2) is 0 Å². The molecule has 112 valence electrons. The first-order valence-electron chi connectivity index (χ1n) is 6.52. The minimum absolute atomic E-state index is 0.0662. The molecular weight excluding hydrogens is 280 g/mol. The van der Waals surface area contributed by atoms with Crippen LogP contribution < -0.4 is 5.73 Å². The number of piperidine rings is 1. The third-order valence-corrected chi connectivity index (χ3v) is 5.38. The van der Waals surface area contributed by atoms with Crippen LogP contribution in [0.1, 0.15) is 12.8 Å². The van der Waals surface area contributed by atoms with E-state index in [9.17, 15) is 13.5 Å². The molecule has 2 rings (SSSR count). The van der Waals surface area contributed by atoms with Gasteiger partial charge in [-0.1, -0.05) is 0 Å². The Morgan fingerprint density at radius 3 is 2.90 bits per heavy atom. The first-order valence-corrected chi connectivity index (χ1v) is 7.96. The van der Waals surface area contributed by atoms with Gasteiger partial charge >= 0.3 is 0 Å². The van der Waals surface area contributed by atoms with Crippen LogP contribution in [-0.4, -0.2) is 44.6 Å². The van der Waals surface area contributed by atoms with E-state index >= 15 is 0 Å². The second kappa shape index (κ2) is 5.99. The number of sulfonamides is 1. The lowest BCUT2D eigenvalue weighted by Gasteiger charge is -2.31. The molecule has 0 saturated carbocycles. The maximum atomic E-state index is 12.5. The number of methoxy groups -OCH3 is 1. The van der Waals surface area contributed by atoms with Gasteiger partial charge in [-0.3, -0.25) is 0 Å². The van der Waals surface area contributed by atoms with Crippen LogP contribution >= 0.6 is 0 Å². The van der Waals surface area contributed by atoms with Crippen molar-refractivity contribution in [1.29, 1.82) is 0 Å². The van der Waals surface area contributed by atoms with Crippen molar-refractivity contribution in [1.82, 2.24) is 4.31 Å². The van der Waals surface area contributed by atoms with E-state index in [4.69, 9.17) is 10.5 Å². The predicted molar refractivity (Wildman–Crippen MR) is 75.9 cm³/mol. The fourth-order valence-corrected chi connectivity index (χ4v) is 4.05. The zero-order chi connectivity index (χ0) is 14.8. The molecule has 1 heterocycles. The highest BCUT2D eigenvalue weighted by Crippen LogP contribution is 2.28. The minimum Gasteiger partial charge on any atom is -0.506 e. The molecule has 1 aliphatic heterocycles. The number of ether oxygens (including phenoxy) is 1. The van der Waals surface area contributed by atoms with Crippen LogP contribution in [0.15, 0.2) is 23.1 Å². The molecule has 0 aromatic heterocycles. The molecule has 0 bridgehead atoms. The fraction of sp³-hybridized carbons (Fsp3) is 0.538. The van der Waals surface area contributed by atoms with Gasteiger partial charge in [0.25, 0.3) is 0 Å². The van der Waals surface area contributed by atoms with Crippen LogP contribution in [0.25, 0.3) is 0 Å². The summed E-state index contributed by atoms with van der Waals surface area (Å²) in [5.41, 5.74) is 5.64. The van der Waals surface area contributed by atoms with Crippen LogP contribution in [0.5, 0.6) is 5.75 Å². The zero-order valence-electron chi connectivity index (χ0n) is 11.4. The highest BCUT2D eigenvalue weighted by Gasteiger charge is 2.30. The summed E-state index contributed by atoms with van der Waals surface area (Å²) in [6.07, 6.45) is 1.79. The van der Waals surface area contributed by atoms with Gasteiger partial charge in [-0.25, -0.2) is 8.42 Å². The molecule has 0 aliphatic carbocycles. The van der Waals surface area contributed by atoms with E-state index in [1.807, 2.05) is 0 Å². The zero-order valence-corrected chi connectivity index (χ0v) is 12.3. The van der Waals surface area contributed by atoms with Crippen molar-refractivity contribution in [3.63, 3.8) is 0 Å². The molecule has 0 radical (unpaired) electrons. The van der Waals surface area contributed by atoms with E-state index in [0.29, 0.717) is 19.7 Å². The Morgan fingerprint density at radius 1 is 1.50 bits per heavy atom. The summed E-state index contributed by atoms with van der Waals surface area (Å²) in [5.74, 6) is 0.109. The van der Waals surface area contributed by atoms with Crippen molar-refractivity contribution in [2.24, 2.45) is 5.92 Å². The molecule has 1 fully saturated rings. The lowest BCUT2D eigenvalue weighted by atomic mass is 10.0. The monoisotopic (exact) mass is 300 g/mol. The number of nitrogens with two attached hydrogens (primary N) is 1. The normalized spacial score (nSPS) is 20.9. The van der Waals surface area contributed by atoms with E-state index in [1.54, 1.807) is 7.11 Å². The van der Waals surface area contributed by atoms with Crippen molar-refractivity contribution < 1.29 is 18.3 Å². The summed E-state index contributed by atoms with van der Waals surface area (Å²) in [4.78, 5) is 0.117. The third kappa shape index (κ3) is 3.05. The first kappa shape index (κ1) is 15.1. The van der Waals surface area contributed by atoms with Crippen molar-refractivity contribution in [3.05, 3.63) is 18.2 Å². The number of phenols is 1. The summed E-state index contributed by atoms with van der Waals surface area (Å²) in [7, 11) is -1.95. The Hall–Kier alpha value is -1.31. The minimum atomic E-state index is -3.57. The summed E-state index contributed by atoms with van der Waals surface area (Å²) in [6.45, 7) is 1.52. The van der Waals surface area contributed by atoms with Crippen LogP contribution in [0.4, 0.5) is 5.69 Å². The summed E-state index contributed by atoms with van der Waals surface area (Å²) in [6, 6.07) is 3.98. The first-order chi connectivity index (χ1) is 9.45. The van der Waals surface area contributed by atoms with Crippen molar-refractivity contribution in [3.8, 4) is 5.75 Å². The molecule has 1 atom stereocenters. The van der Waals surface area contributed by atoms with Crippen molar-refractivity contribution in [2.45, 2.75) is 17.7 Å². The molecule has 0 spiro atoms. The van der Waals surface area contributed by atoms with E-state index in [1.165, 1.54) is 22.5 Å². The molecule has 1 aromatic rings. The van der Waals surface area contributed by atoms with Gasteiger partial charge < -0.3 is 15.6 Å². The number of nitrogens with zero attached hydrogens (tertiary/aromatic N) is 1. The van der Waals surface area contributed by atoms with E-state index in [-0.39, 0.29) is 22.3 Å². The summed E-state index contributed by atoms with van der Waals surface area (Å²) < 4.78 is 31.7. The molecule has 3 N–H and O–H groups in total. The van der Waals surface area contributed by atoms with Gasteiger partial charge in [-0.05, 0) is 37.0 Å². The summed E-state index contributed by atoms with van der Waals surface area (Å²) >= 11 is 0. The van der Waals surface area contributed by atoms with Gasteiger partial charge in [-0.15, -0.1) is 0 Å². The van der Waals surface area contributed by atoms with Gasteiger partial charge in [0, 0.05) is 20.2 Å². The van der Waals surface area contributed by atoms with Gasteiger partial charge in [0.05, 0.1) is 17.2 Å². The number of hydrogen-bond acceptors (Lipinski definition) is 5. The molecule has 1 aromatic carbocycles. The SMILES string of the molecule is COCC1CCCN(S(=O)(=O)c2ccc(O)c(N)c2)C1. The van der Waals surface area contributed by atoms with Crippen LogP contribution in [0, 0.1) is 5.92 Å². The van der Waals surface area contributed by atoms with Gasteiger partial charge in [0.1, 0.15) is 5.75 Å². The van der Waals surface area contributed by atoms with E-state index in [2.05, 4.69) is 0 Å². The van der Waals surface area contributed by atoms with Gasteiger partial charge in [-0.2, -0.15) is 4.31 Å². The highest BCUT2D eigenvalue weighted by molar-refractivity contribution is 7.89. The number of hydrogen-bond donors (Lipinski definition) is 2. The van der Waals surface area contributed by atoms with E-state index < -0.39 is 10.0 Å². The largest absolute Gasteiger partial charge is 0.506 e. The lowest BCUT2D eigenvalue weighted by molar-refractivity contribution is 0.118. The Kier molecular flexibility index (Phi) is 4.52. The van der Waals surface area contributed by atoms with Crippen LogP contribution in [0.3, 0.4) is 0 Å². The molecule has 7 heteroatoms. The van der Waals surface area contributed by atoms with E-state index in [0.717, 1.165) is 12.8 Å².